The molecule has 0 saturated heterocycles. The van der Waals surface area contributed by atoms with Crippen molar-refractivity contribution in [2.45, 2.75) is 68.9 Å². The summed E-state index contributed by atoms with van der Waals surface area (Å²) in [4.78, 5) is 16.0. The van der Waals surface area contributed by atoms with E-state index in [-0.39, 0.29) is 27.9 Å². The molecule has 2 bridgehead atoms. The first-order chi connectivity index (χ1) is 22.9. The zero-order chi connectivity index (χ0) is 34.2. The fraction of sp³-hybridized carbons (Fsp3) is 0.447. The van der Waals surface area contributed by atoms with E-state index in [1.165, 1.54) is 11.1 Å². The Labute approximate surface area is 291 Å². The highest BCUT2D eigenvalue weighted by Gasteiger charge is 2.42. The van der Waals surface area contributed by atoms with E-state index in [4.69, 9.17) is 16.3 Å². The third-order valence-corrected chi connectivity index (χ3v) is 14.1. The van der Waals surface area contributed by atoms with Crippen LogP contribution in [0.3, 0.4) is 0 Å². The molecule has 1 spiro atoms. The minimum absolute atomic E-state index is 0.0656. The van der Waals surface area contributed by atoms with Crippen molar-refractivity contribution in [1.29, 1.82) is 0 Å². The van der Waals surface area contributed by atoms with E-state index < -0.39 is 37.5 Å². The molecule has 48 heavy (non-hydrogen) atoms. The number of hydrogen-bond acceptors (Lipinski definition) is 7. The molecular formula is C38H44ClN2O5S2-. The summed E-state index contributed by atoms with van der Waals surface area (Å²) in [6.07, 6.45) is 7.37. The Bertz CT molecular complexity index is 1920. The van der Waals surface area contributed by atoms with Crippen LogP contribution in [0.25, 0.3) is 0 Å². The first-order valence-electron chi connectivity index (χ1n) is 16.8. The van der Waals surface area contributed by atoms with Crippen LogP contribution in [-0.2, 0) is 36.5 Å². The van der Waals surface area contributed by atoms with Gasteiger partial charge >= 0.3 is 0 Å². The normalized spacial score (nSPS) is 27.8. The van der Waals surface area contributed by atoms with Gasteiger partial charge in [0, 0.05) is 29.1 Å². The number of carbonyl (C=O) groups excluding carboxylic acids is 1. The monoisotopic (exact) mass is 707 g/mol. The van der Waals surface area contributed by atoms with Crippen molar-refractivity contribution in [2.75, 3.05) is 30.3 Å². The van der Waals surface area contributed by atoms with Gasteiger partial charge in [0.15, 0.2) is 9.84 Å². The van der Waals surface area contributed by atoms with Crippen molar-refractivity contribution in [3.63, 3.8) is 0 Å². The third-order valence-electron chi connectivity index (χ3n) is 10.5. The van der Waals surface area contributed by atoms with E-state index in [9.17, 15) is 17.4 Å². The highest BCUT2D eigenvalue weighted by atomic mass is 35.5. The molecule has 0 saturated carbocycles. The van der Waals surface area contributed by atoms with Gasteiger partial charge in [0.1, 0.15) is 5.75 Å². The van der Waals surface area contributed by atoms with Gasteiger partial charge in [0.25, 0.3) is 5.91 Å². The van der Waals surface area contributed by atoms with Crippen molar-refractivity contribution in [3.05, 3.63) is 100 Å². The lowest BCUT2D eigenvalue weighted by Gasteiger charge is -2.41. The molecule has 1 unspecified atom stereocenters. The fourth-order valence-electron chi connectivity index (χ4n) is 7.42. The highest BCUT2D eigenvalue weighted by Crippen LogP contribution is 2.45. The van der Waals surface area contributed by atoms with Crippen LogP contribution in [0.2, 0.25) is 5.02 Å². The maximum atomic E-state index is 13.9. The smallest absolute Gasteiger partial charge is 0.254 e. The standard InChI is InChI=1S/C38H44ClN2O5S2/c1-25-10-14-32(15-11-25)48(44,45)36-9-5-7-26(2)27(3)21-41-23-38(18-6-8-29-19-31(39)13-16-33(29)38)24-46-35-17-12-30(20-34(35)41)37(42)40-47(43)22-28(36)4/h5,9-17,19-20,26-28,36H,6-8,18,21-24H2,1-4H3/q-1/b9-5+/t26-,27-,28+,36?,38-/m0/s1. The maximum Gasteiger partial charge on any atom is 0.254 e. The number of ether oxygens (including phenoxy) is 1. The number of nitrogens with zero attached hydrogens (tertiary/aromatic N) is 2. The molecular weight excluding hydrogens is 664 g/mol. The second kappa shape index (κ2) is 14.0. The molecule has 1 aliphatic carbocycles. The minimum Gasteiger partial charge on any atom is -0.490 e. The summed E-state index contributed by atoms with van der Waals surface area (Å²) in [5, 5.41) is -0.185. The van der Waals surface area contributed by atoms with Gasteiger partial charge in [-0.25, -0.2) is 8.42 Å². The number of amides is 1. The van der Waals surface area contributed by atoms with Gasteiger partial charge in [0.2, 0.25) is 0 Å². The summed E-state index contributed by atoms with van der Waals surface area (Å²) >= 11 is 6.42. The highest BCUT2D eigenvalue weighted by molar-refractivity contribution is 7.92. The zero-order valence-electron chi connectivity index (χ0n) is 28.0. The van der Waals surface area contributed by atoms with Crippen LogP contribution in [0.4, 0.5) is 5.69 Å². The number of halogens is 1. The lowest BCUT2D eigenvalue weighted by molar-refractivity contribution is 0.100. The number of anilines is 1. The molecule has 3 aliphatic rings. The van der Waals surface area contributed by atoms with Crippen molar-refractivity contribution in [1.82, 2.24) is 0 Å². The van der Waals surface area contributed by atoms with Gasteiger partial charge in [-0.05, 0) is 104 Å². The molecule has 3 aromatic rings. The number of benzene rings is 3. The second-order valence-electron chi connectivity index (χ2n) is 14.1. The Morgan fingerprint density at radius 3 is 2.54 bits per heavy atom. The fourth-order valence-corrected chi connectivity index (χ4v) is 10.6. The Balaban J connectivity index is 1.39. The summed E-state index contributed by atoms with van der Waals surface area (Å²) in [5.74, 6) is -0.0524. The van der Waals surface area contributed by atoms with Crippen molar-refractivity contribution in [2.24, 2.45) is 22.1 Å². The number of hydrogen-bond donors (Lipinski definition) is 0. The average molecular weight is 708 g/mol. The Hall–Kier alpha value is -3.14. The van der Waals surface area contributed by atoms with E-state index in [1.807, 2.05) is 31.2 Å². The predicted molar refractivity (Wildman–Crippen MR) is 193 cm³/mol. The summed E-state index contributed by atoms with van der Waals surface area (Å²) in [5.41, 5.74) is 4.38. The van der Waals surface area contributed by atoms with Crippen LogP contribution in [0.5, 0.6) is 5.75 Å². The molecule has 0 aromatic heterocycles. The number of sulfone groups is 1. The molecule has 256 valence electrons. The molecule has 6 rings (SSSR count). The number of rotatable bonds is 2. The van der Waals surface area contributed by atoms with Crippen molar-refractivity contribution in [3.8, 4) is 5.75 Å². The van der Waals surface area contributed by atoms with E-state index in [0.717, 1.165) is 35.5 Å². The number of aryl methyl sites for hydroxylation is 2. The van der Waals surface area contributed by atoms with Crippen LogP contribution >= 0.6 is 11.6 Å². The van der Waals surface area contributed by atoms with E-state index in [0.29, 0.717) is 37.4 Å². The maximum absolute atomic E-state index is 13.9. The molecule has 7 nitrogen and oxygen atoms in total. The van der Waals surface area contributed by atoms with Crippen LogP contribution in [0.1, 0.15) is 67.1 Å². The molecule has 1 amide bonds. The molecule has 2 heterocycles. The first-order valence-corrected chi connectivity index (χ1v) is 20.0. The molecule has 10 heteroatoms. The van der Waals surface area contributed by atoms with Crippen LogP contribution < -0.4 is 9.64 Å². The number of carbonyl (C=O) groups is 1. The van der Waals surface area contributed by atoms with Gasteiger partial charge in [-0.1, -0.05) is 74.0 Å². The summed E-state index contributed by atoms with van der Waals surface area (Å²) < 4.78 is 51.7. The van der Waals surface area contributed by atoms with E-state index in [2.05, 4.69) is 35.2 Å². The molecule has 0 fully saturated rings. The molecule has 3 aromatic carbocycles. The van der Waals surface area contributed by atoms with Gasteiger partial charge in [0.05, 0.1) is 22.4 Å². The van der Waals surface area contributed by atoms with Gasteiger partial charge in [-0.15, -0.1) is 0 Å². The SMILES string of the molecule is Cc1ccc(S(=O)(=O)C2/C=C/C[C@H](C)[C@@H](C)CN3C[C@@]4(CCCc5cc(Cl)ccc54)COc4ccc(cc43)C(=O)N=[S-](=O)C[C@H]2C)cc1. The van der Waals surface area contributed by atoms with Gasteiger partial charge in [-0.2, -0.15) is 10.6 Å². The second-order valence-corrected chi connectivity index (χ2v) is 17.8. The van der Waals surface area contributed by atoms with Crippen molar-refractivity contribution < 1.29 is 22.2 Å². The Morgan fingerprint density at radius 2 is 1.77 bits per heavy atom. The number of fused-ring (bicyclic) bond motifs is 3. The minimum atomic E-state index is -3.79. The topological polar surface area (TPSA) is 93.1 Å². The summed E-state index contributed by atoms with van der Waals surface area (Å²) in [6.45, 7) is 10.0. The molecule has 5 atom stereocenters. The van der Waals surface area contributed by atoms with Gasteiger partial charge < -0.3 is 18.2 Å². The zero-order valence-corrected chi connectivity index (χ0v) is 30.4. The van der Waals surface area contributed by atoms with Crippen LogP contribution in [0.15, 0.2) is 82.1 Å². The van der Waals surface area contributed by atoms with Crippen LogP contribution in [-0.4, -0.2) is 45.0 Å². The molecule has 2 aliphatic heterocycles. The average Bonchev–Trinajstić information content (AvgIpc) is 3.19. The Morgan fingerprint density at radius 1 is 1.00 bits per heavy atom. The van der Waals surface area contributed by atoms with Crippen molar-refractivity contribution >= 4 is 43.6 Å². The first kappa shape index (κ1) is 34.7. The lowest BCUT2D eigenvalue weighted by Crippen LogP contribution is -2.47. The third kappa shape index (κ3) is 7.10. The molecule has 0 radical (unpaired) electrons. The van der Waals surface area contributed by atoms with E-state index >= 15 is 0 Å². The predicted octanol–water partition coefficient (Wildman–Crippen LogP) is 8.12. The number of allylic oxidation sites excluding steroid dienone is 1. The summed E-state index contributed by atoms with van der Waals surface area (Å²) in [6, 6.07) is 18.3. The summed E-state index contributed by atoms with van der Waals surface area (Å²) in [7, 11) is -5.72. The largest absolute Gasteiger partial charge is 0.490 e. The van der Waals surface area contributed by atoms with Crippen LogP contribution in [0, 0.1) is 24.7 Å². The van der Waals surface area contributed by atoms with E-state index in [1.54, 1.807) is 43.3 Å². The van der Waals surface area contributed by atoms with Gasteiger partial charge in [-0.3, -0.25) is 4.79 Å². The quantitative estimate of drug-likeness (QED) is 0.197. The molecule has 0 N–H and O–H groups in total. The lowest BCUT2D eigenvalue weighted by atomic mass is 9.70. The Kier molecular flexibility index (Phi) is 10.1.